The molecule has 0 atom stereocenters. The minimum Gasteiger partial charge on any atom is -0.385 e. The molecule has 0 unspecified atom stereocenters. The van der Waals surface area contributed by atoms with Gasteiger partial charge in [0.2, 0.25) is 10.0 Å². The van der Waals surface area contributed by atoms with Crippen molar-refractivity contribution in [3.8, 4) is 0 Å². The monoisotopic (exact) mass is 306 g/mol. The molecular formula is C16H22N2O2S. The SMILES string of the molecule is O=S(=O)(NC(C1CC1)C1CC1)c1ccc2c(c1)CCCN2. The summed E-state index contributed by atoms with van der Waals surface area (Å²) in [7, 11) is -3.38. The van der Waals surface area contributed by atoms with Crippen LogP contribution in [-0.4, -0.2) is 21.0 Å². The van der Waals surface area contributed by atoms with E-state index in [0.29, 0.717) is 16.7 Å². The van der Waals surface area contributed by atoms with E-state index < -0.39 is 10.0 Å². The Morgan fingerprint density at radius 3 is 2.52 bits per heavy atom. The first-order valence-corrected chi connectivity index (χ1v) is 9.51. The molecule has 4 rings (SSSR count). The van der Waals surface area contributed by atoms with Crippen molar-refractivity contribution in [2.24, 2.45) is 11.8 Å². The Hall–Kier alpha value is -1.07. The molecule has 1 heterocycles. The van der Waals surface area contributed by atoms with E-state index in [9.17, 15) is 8.42 Å². The molecule has 0 bridgehead atoms. The third-order valence-corrected chi connectivity index (χ3v) is 6.33. The van der Waals surface area contributed by atoms with Crippen molar-refractivity contribution in [1.29, 1.82) is 0 Å². The highest BCUT2D eigenvalue weighted by molar-refractivity contribution is 7.89. The summed E-state index contributed by atoms with van der Waals surface area (Å²) in [5, 5.41) is 3.32. The molecule has 2 saturated carbocycles. The van der Waals surface area contributed by atoms with Crippen LogP contribution >= 0.6 is 0 Å². The normalized spacial score (nSPS) is 22.0. The van der Waals surface area contributed by atoms with Gasteiger partial charge in [-0.1, -0.05) is 0 Å². The maximum Gasteiger partial charge on any atom is 0.240 e. The summed E-state index contributed by atoms with van der Waals surface area (Å²) >= 11 is 0. The van der Waals surface area contributed by atoms with Crippen LogP contribution in [0.4, 0.5) is 5.69 Å². The summed E-state index contributed by atoms with van der Waals surface area (Å²) in [6.45, 7) is 0.975. The number of anilines is 1. The third-order valence-electron chi connectivity index (χ3n) is 4.88. The summed E-state index contributed by atoms with van der Waals surface area (Å²) < 4.78 is 28.3. The second kappa shape index (κ2) is 4.99. The van der Waals surface area contributed by atoms with Crippen molar-refractivity contribution in [2.45, 2.75) is 49.5 Å². The van der Waals surface area contributed by atoms with Gasteiger partial charge in [0.1, 0.15) is 0 Å². The third kappa shape index (κ3) is 2.81. The van der Waals surface area contributed by atoms with E-state index in [2.05, 4.69) is 10.0 Å². The van der Waals surface area contributed by atoms with Gasteiger partial charge in [0.25, 0.3) is 0 Å². The zero-order valence-electron chi connectivity index (χ0n) is 12.1. The molecule has 1 aliphatic heterocycles. The molecule has 0 spiro atoms. The first-order chi connectivity index (χ1) is 10.1. The summed E-state index contributed by atoms with van der Waals surface area (Å²) in [6.07, 6.45) is 6.74. The van der Waals surface area contributed by atoms with E-state index >= 15 is 0 Å². The van der Waals surface area contributed by atoms with Crippen molar-refractivity contribution >= 4 is 15.7 Å². The number of benzene rings is 1. The second-order valence-corrected chi connectivity index (χ2v) is 8.39. The first-order valence-electron chi connectivity index (χ1n) is 8.03. The van der Waals surface area contributed by atoms with Gasteiger partial charge in [-0.3, -0.25) is 0 Å². The lowest BCUT2D eigenvalue weighted by Crippen LogP contribution is -2.38. The molecule has 21 heavy (non-hydrogen) atoms. The first kappa shape index (κ1) is 13.6. The molecule has 0 radical (unpaired) electrons. The highest BCUT2D eigenvalue weighted by atomic mass is 32.2. The average molecular weight is 306 g/mol. The molecule has 5 heteroatoms. The van der Waals surface area contributed by atoms with Crippen LogP contribution in [0.2, 0.25) is 0 Å². The quantitative estimate of drug-likeness (QED) is 0.879. The van der Waals surface area contributed by atoms with Crippen LogP contribution in [-0.2, 0) is 16.4 Å². The minimum absolute atomic E-state index is 0.171. The van der Waals surface area contributed by atoms with Gasteiger partial charge in [0.15, 0.2) is 0 Å². The van der Waals surface area contributed by atoms with Gasteiger partial charge >= 0.3 is 0 Å². The van der Waals surface area contributed by atoms with Crippen molar-refractivity contribution in [1.82, 2.24) is 4.72 Å². The van der Waals surface area contributed by atoms with Crippen molar-refractivity contribution in [3.05, 3.63) is 23.8 Å². The van der Waals surface area contributed by atoms with E-state index in [1.54, 1.807) is 6.07 Å². The topological polar surface area (TPSA) is 58.2 Å². The van der Waals surface area contributed by atoms with Crippen LogP contribution in [0.5, 0.6) is 0 Å². The van der Waals surface area contributed by atoms with Crippen LogP contribution in [0.15, 0.2) is 23.1 Å². The van der Waals surface area contributed by atoms with E-state index in [1.165, 1.54) is 25.7 Å². The Balaban J connectivity index is 1.58. The van der Waals surface area contributed by atoms with Gasteiger partial charge in [0.05, 0.1) is 4.90 Å². The average Bonchev–Trinajstić information content (AvgIpc) is 3.38. The molecule has 2 N–H and O–H groups in total. The van der Waals surface area contributed by atoms with Gasteiger partial charge in [-0.05, 0) is 74.1 Å². The maximum absolute atomic E-state index is 12.7. The lowest BCUT2D eigenvalue weighted by molar-refractivity contribution is 0.471. The zero-order chi connectivity index (χ0) is 14.4. The van der Waals surface area contributed by atoms with Gasteiger partial charge in [0, 0.05) is 18.3 Å². The standard InChI is InChI=1S/C16H22N2O2S/c19-21(20,18-16(11-3-4-11)12-5-6-12)14-7-8-15-13(10-14)2-1-9-17-15/h7-8,10-12,16-18H,1-6,9H2. The minimum atomic E-state index is -3.38. The Morgan fingerprint density at radius 2 is 1.86 bits per heavy atom. The Labute approximate surface area is 126 Å². The van der Waals surface area contributed by atoms with Crippen LogP contribution in [0.3, 0.4) is 0 Å². The fourth-order valence-electron chi connectivity index (χ4n) is 3.35. The molecule has 114 valence electrons. The van der Waals surface area contributed by atoms with Gasteiger partial charge < -0.3 is 5.32 Å². The van der Waals surface area contributed by atoms with Crippen LogP contribution in [0, 0.1) is 11.8 Å². The predicted octanol–water partition coefficient (Wildman–Crippen LogP) is 2.51. The molecule has 2 aliphatic carbocycles. The number of hydrogen-bond donors (Lipinski definition) is 2. The number of nitrogens with one attached hydrogen (secondary N) is 2. The summed E-state index contributed by atoms with van der Waals surface area (Å²) in [4.78, 5) is 0.427. The van der Waals surface area contributed by atoms with Crippen LogP contribution in [0.25, 0.3) is 0 Å². The summed E-state index contributed by atoms with van der Waals surface area (Å²) in [5.74, 6) is 1.15. The molecule has 1 aromatic rings. The number of rotatable bonds is 5. The van der Waals surface area contributed by atoms with Gasteiger partial charge in [-0.15, -0.1) is 0 Å². The smallest absolute Gasteiger partial charge is 0.240 e. The number of aryl methyl sites for hydroxylation is 1. The number of hydrogen-bond acceptors (Lipinski definition) is 3. The van der Waals surface area contributed by atoms with E-state index in [1.807, 2.05) is 12.1 Å². The molecule has 0 aromatic heterocycles. The maximum atomic E-state index is 12.7. The van der Waals surface area contributed by atoms with Gasteiger partial charge in [-0.25, -0.2) is 13.1 Å². The molecular weight excluding hydrogens is 284 g/mol. The van der Waals surface area contributed by atoms with Crippen molar-refractivity contribution < 1.29 is 8.42 Å². The lowest BCUT2D eigenvalue weighted by atomic mass is 10.0. The highest BCUT2D eigenvalue weighted by Gasteiger charge is 2.43. The molecule has 0 saturated heterocycles. The molecule has 0 amide bonds. The van der Waals surface area contributed by atoms with Crippen LogP contribution < -0.4 is 10.0 Å². The lowest BCUT2D eigenvalue weighted by Gasteiger charge is -2.21. The predicted molar refractivity (Wildman–Crippen MR) is 82.8 cm³/mol. The highest BCUT2D eigenvalue weighted by Crippen LogP contribution is 2.45. The Bertz CT molecular complexity index is 636. The Kier molecular flexibility index (Phi) is 3.23. The van der Waals surface area contributed by atoms with E-state index in [-0.39, 0.29) is 6.04 Å². The molecule has 1 aromatic carbocycles. The van der Waals surface area contributed by atoms with Crippen molar-refractivity contribution in [3.63, 3.8) is 0 Å². The second-order valence-electron chi connectivity index (χ2n) is 6.67. The summed E-state index contributed by atoms with van der Waals surface area (Å²) in [5.41, 5.74) is 2.21. The van der Waals surface area contributed by atoms with Crippen molar-refractivity contribution in [2.75, 3.05) is 11.9 Å². The van der Waals surface area contributed by atoms with E-state index in [4.69, 9.17) is 0 Å². The zero-order valence-corrected chi connectivity index (χ0v) is 13.0. The van der Waals surface area contributed by atoms with E-state index in [0.717, 1.165) is 30.6 Å². The fraction of sp³-hybridized carbons (Fsp3) is 0.625. The fourth-order valence-corrected chi connectivity index (χ4v) is 4.78. The van der Waals surface area contributed by atoms with Gasteiger partial charge in [-0.2, -0.15) is 0 Å². The number of sulfonamides is 1. The molecule has 3 aliphatic rings. The molecule has 2 fully saturated rings. The Morgan fingerprint density at radius 1 is 1.14 bits per heavy atom. The molecule has 4 nitrogen and oxygen atoms in total. The summed E-state index contributed by atoms with van der Waals surface area (Å²) in [6, 6.07) is 5.66. The van der Waals surface area contributed by atoms with Crippen LogP contribution in [0.1, 0.15) is 37.7 Å². The largest absolute Gasteiger partial charge is 0.385 e. The number of fused-ring (bicyclic) bond motifs is 1.